The van der Waals surface area contributed by atoms with E-state index in [4.69, 9.17) is 13.9 Å². The van der Waals surface area contributed by atoms with E-state index in [1.54, 1.807) is 38.5 Å². The van der Waals surface area contributed by atoms with Gasteiger partial charge in [-0.25, -0.2) is 0 Å². The van der Waals surface area contributed by atoms with Gasteiger partial charge in [-0.2, -0.15) is 0 Å². The summed E-state index contributed by atoms with van der Waals surface area (Å²) in [6, 6.07) is 3.76. The fraction of sp³-hybridized carbons (Fsp3) is 0.649. The summed E-state index contributed by atoms with van der Waals surface area (Å²) < 4.78 is 17.9. The van der Waals surface area contributed by atoms with Gasteiger partial charge in [-0.05, 0) is 173 Å². The molecule has 1 spiro atoms. The number of rotatable bonds is 3. The average Bonchev–Trinajstić information content (AvgIpc) is 3.63. The Morgan fingerprint density at radius 2 is 1.56 bits per heavy atom. The van der Waals surface area contributed by atoms with Crippen LogP contribution in [0.2, 0.25) is 0 Å². The number of phenolic OH excluding ortho intramolecular Hbond substituents is 2. The first kappa shape index (κ1) is 47.1. The normalized spacial score (nSPS) is 45.6. The number of carboxylic acid groups (broad SMARTS) is 1. The number of allylic oxidation sites excluding steroid dienone is 6. The van der Waals surface area contributed by atoms with Crippen LogP contribution in [-0.4, -0.2) is 61.7 Å². The number of benzene rings is 1. The quantitative estimate of drug-likeness (QED) is 0.0994. The van der Waals surface area contributed by atoms with Crippen LogP contribution in [0.5, 0.6) is 11.5 Å². The summed E-state index contributed by atoms with van der Waals surface area (Å²) in [7, 11) is 0. The maximum Gasteiger partial charge on any atom is 0.309 e. The molecule has 2 aromatic rings. The predicted molar refractivity (Wildman–Crippen MR) is 254 cm³/mol. The lowest BCUT2D eigenvalue weighted by Gasteiger charge is -2.69. The van der Waals surface area contributed by atoms with Gasteiger partial charge in [0.05, 0.1) is 34.9 Å². The first-order valence-electron chi connectivity index (χ1n) is 25.1. The number of ether oxygens (including phenoxy) is 2. The fourth-order valence-electron chi connectivity index (χ4n) is 18.1. The van der Waals surface area contributed by atoms with Crippen molar-refractivity contribution in [2.75, 3.05) is 0 Å². The zero-order valence-corrected chi connectivity index (χ0v) is 42.1. The number of fused-ring (bicyclic) bond motifs is 10. The van der Waals surface area contributed by atoms with Crippen molar-refractivity contribution in [3.05, 3.63) is 82.0 Å². The number of aliphatic carboxylic acids is 1. The lowest BCUT2D eigenvalue weighted by molar-refractivity contribution is -0.200. The van der Waals surface area contributed by atoms with Gasteiger partial charge in [0.1, 0.15) is 11.7 Å². The van der Waals surface area contributed by atoms with Crippen molar-refractivity contribution in [3.8, 4) is 11.5 Å². The summed E-state index contributed by atoms with van der Waals surface area (Å²) >= 11 is 0. The molecule has 68 heavy (non-hydrogen) atoms. The summed E-state index contributed by atoms with van der Waals surface area (Å²) in [6.07, 6.45) is 17.2. The number of Topliss-reactive ketones (excluding diaryl/α,β-unsaturated/α-hetero) is 1. The Morgan fingerprint density at radius 3 is 2.21 bits per heavy atom. The van der Waals surface area contributed by atoms with Crippen molar-refractivity contribution in [1.82, 2.24) is 0 Å². The number of ketones is 2. The summed E-state index contributed by atoms with van der Waals surface area (Å²) in [5.74, 6) is -2.12. The van der Waals surface area contributed by atoms with Crippen molar-refractivity contribution >= 4 is 23.5 Å². The molecule has 5 saturated carbocycles. The molecule has 8 aliphatic carbocycles. The highest BCUT2D eigenvalue weighted by atomic mass is 16.6. The van der Waals surface area contributed by atoms with E-state index in [0.29, 0.717) is 24.3 Å². The number of carbonyl (C=O) groups excluding carboxylic acids is 3. The summed E-state index contributed by atoms with van der Waals surface area (Å²) in [5.41, 5.74) is 0.946. The van der Waals surface area contributed by atoms with Gasteiger partial charge in [0, 0.05) is 29.1 Å². The highest BCUT2D eigenvalue weighted by Crippen LogP contribution is 2.82. The molecule has 14 unspecified atom stereocenters. The van der Waals surface area contributed by atoms with E-state index < -0.39 is 62.4 Å². The number of esters is 1. The van der Waals surface area contributed by atoms with Gasteiger partial charge in [0.15, 0.2) is 23.0 Å². The average molecular weight is 933 g/mol. The molecule has 2 heterocycles. The van der Waals surface area contributed by atoms with E-state index in [1.165, 1.54) is 18.1 Å². The summed E-state index contributed by atoms with van der Waals surface area (Å²) in [4.78, 5) is 51.9. The van der Waals surface area contributed by atoms with Crippen molar-refractivity contribution in [3.63, 3.8) is 0 Å². The highest BCUT2D eigenvalue weighted by molar-refractivity contribution is 6.06. The number of carbonyl (C=O) groups is 4. The molecule has 6 fully saturated rings. The molecule has 14 atom stereocenters. The monoisotopic (exact) mass is 933 g/mol. The van der Waals surface area contributed by atoms with E-state index >= 15 is 0 Å². The van der Waals surface area contributed by atoms with Crippen LogP contribution in [0.3, 0.4) is 0 Å². The van der Waals surface area contributed by atoms with Gasteiger partial charge in [-0.3, -0.25) is 19.2 Å². The van der Waals surface area contributed by atoms with E-state index in [9.17, 15) is 39.6 Å². The lowest BCUT2D eigenvalue weighted by Crippen LogP contribution is -2.70. The number of hydrogen-bond donors (Lipinski definition) is 4. The zero-order chi connectivity index (χ0) is 49.5. The smallest absolute Gasteiger partial charge is 0.309 e. The molecule has 1 aromatic carbocycles. The standard InChI is InChI=1S/C29H40O4.C28H32O7/c1-17-18-7-8-21-27(4,19(18)15-20(30)23(17)31)12-14-29(6)22-16-26(3,24(32)33)10-9-25(22,2)11-13-28(21,29)5;1-14(29)34-17-12-26(5)16(15-8-10-33-13-15)11-19-28(26,35-19)27(6)21(17)25(4)9-7-18(30)24(2,3)22(25)20(31)23(27)32/h8,15,22,30-31H,7,9-14,16H2,1-6H3,(H,32,33);7-10,13,16-17,19,21,31H,11-12H2,1-6H3. The second-order valence-corrected chi connectivity index (χ2v) is 25.4. The molecule has 1 aliphatic heterocycles. The number of aliphatic hydroxyl groups is 1. The third kappa shape index (κ3) is 5.46. The van der Waals surface area contributed by atoms with E-state index in [1.807, 2.05) is 39.8 Å². The molecule has 4 N–H and O–H groups in total. The number of aromatic hydroxyl groups is 2. The molecule has 1 aromatic heterocycles. The van der Waals surface area contributed by atoms with Crippen LogP contribution in [0.1, 0.15) is 162 Å². The first-order valence-corrected chi connectivity index (χ1v) is 25.1. The zero-order valence-electron chi connectivity index (χ0n) is 42.1. The van der Waals surface area contributed by atoms with Gasteiger partial charge in [-0.15, -0.1) is 0 Å². The van der Waals surface area contributed by atoms with E-state index in [2.05, 4.69) is 40.7 Å². The molecule has 9 aliphatic rings. The van der Waals surface area contributed by atoms with Crippen LogP contribution in [0.15, 0.2) is 64.2 Å². The topological polar surface area (TPSA) is 184 Å². The van der Waals surface area contributed by atoms with Crippen molar-refractivity contribution < 1.29 is 53.5 Å². The van der Waals surface area contributed by atoms with Gasteiger partial charge in [-0.1, -0.05) is 59.3 Å². The molecule has 1 saturated heterocycles. The van der Waals surface area contributed by atoms with Crippen LogP contribution in [0, 0.1) is 62.1 Å². The summed E-state index contributed by atoms with van der Waals surface area (Å²) in [6.45, 7) is 24.3. The minimum Gasteiger partial charge on any atom is -0.504 e. The van der Waals surface area contributed by atoms with Gasteiger partial charge in [0.2, 0.25) is 5.78 Å². The minimum absolute atomic E-state index is 0.00431. The van der Waals surface area contributed by atoms with Crippen LogP contribution < -0.4 is 0 Å². The van der Waals surface area contributed by atoms with Crippen LogP contribution in [0.4, 0.5) is 0 Å². The minimum atomic E-state index is -1.17. The van der Waals surface area contributed by atoms with E-state index in [0.717, 1.165) is 68.1 Å². The maximum absolute atomic E-state index is 14.3. The van der Waals surface area contributed by atoms with Crippen molar-refractivity contribution in [2.24, 2.45) is 55.2 Å². The second kappa shape index (κ2) is 14.0. The largest absolute Gasteiger partial charge is 0.504 e. The Labute approximate surface area is 400 Å². The van der Waals surface area contributed by atoms with Crippen molar-refractivity contribution in [1.29, 1.82) is 0 Å². The number of phenols is 2. The number of carboxylic acids is 1. The Hall–Kier alpha value is -4.64. The van der Waals surface area contributed by atoms with Crippen LogP contribution >= 0.6 is 0 Å². The Bertz CT molecular complexity index is 2690. The molecule has 11 heteroatoms. The molecular formula is C57H72O11. The number of furan rings is 1. The molecule has 11 nitrogen and oxygen atoms in total. The highest BCUT2D eigenvalue weighted by Gasteiger charge is 2.89. The molecule has 0 radical (unpaired) electrons. The van der Waals surface area contributed by atoms with Crippen LogP contribution in [0.25, 0.3) is 0 Å². The number of hydrogen-bond acceptors (Lipinski definition) is 10. The molecule has 366 valence electrons. The maximum atomic E-state index is 14.3. The second-order valence-electron chi connectivity index (χ2n) is 25.4. The Balaban J connectivity index is 0.000000159. The Morgan fingerprint density at radius 1 is 0.868 bits per heavy atom. The van der Waals surface area contributed by atoms with Gasteiger partial charge < -0.3 is 34.3 Å². The summed E-state index contributed by atoms with van der Waals surface area (Å²) in [5, 5.41) is 42.4. The number of epoxide rings is 1. The van der Waals surface area contributed by atoms with Gasteiger partial charge in [0.25, 0.3) is 0 Å². The Kier molecular flexibility index (Phi) is 9.71. The lowest BCUT2D eigenvalue weighted by atomic mass is 9.34. The predicted octanol–water partition coefficient (Wildman–Crippen LogP) is 11.1. The van der Waals surface area contributed by atoms with E-state index in [-0.39, 0.29) is 56.7 Å². The molecule has 0 bridgehead atoms. The fourth-order valence-corrected chi connectivity index (χ4v) is 18.1. The number of aliphatic hydroxyl groups excluding tert-OH is 1. The molecule has 0 amide bonds. The third-order valence-electron chi connectivity index (χ3n) is 22.0. The first-order chi connectivity index (χ1) is 31.5. The van der Waals surface area contributed by atoms with Gasteiger partial charge >= 0.3 is 11.9 Å². The molecule has 11 rings (SSSR count). The SMILES string of the molecule is CC(=O)OC1CC2(C)C(c3ccoc3)CC3OC32C2(C)C(=O)C(O)=C3C(C)(C)C(=O)C=CC3(C)C12.Cc1c(O)c(O)cc2c1CC=C1C2(C)CCC2(C)C3CC(C)(C(=O)O)CCC3(C)CCC12C. The third-order valence-corrected chi connectivity index (χ3v) is 22.0. The molecular weight excluding hydrogens is 861 g/mol. The van der Waals surface area contributed by atoms with Crippen molar-refractivity contribution in [2.45, 2.75) is 176 Å². The van der Waals surface area contributed by atoms with Crippen LogP contribution in [-0.2, 0) is 40.5 Å².